The maximum Gasteiger partial charge on any atom is 0.322 e. The average Bonchev–Trinajstić information content (AvgIpc) is 3.11. The molecule has 0 saturated carbocycles. The summed E-state index contributed by atoms with van der Waals surface area (Å²) in [5.41, 5.74) is 2.96. The lowest BCUT2D eigenvalue weighted by Gasteiger charge is -2.41. The van der Waals surface area contributed by atoms with E-state index in [2.05, 4.69) is 57.5 Å². The van der Waals surface area contributed by atoms with Crippen LogP contribution >= 0.6 is 0 Å². The highest BCUT2D eigenvalue weighted by molar-refractivity contribution is 5.92. The van der Waals surface area contributed by atoms with Gasteiger partial charge in [-0.1, -0.05) is 42.5 Å². The van der Waals surface area contributed by atoms with E-state index in [0.717, 1.165) is 72.3 Å². The zero-order chi connectivity index (χ0) is 32.3. The van der Waals surface area contributed by atoms with Crippen LogP contribution in [-0.4, -0.2) is 94.8 Å². The number of anilines is 1. The number of rotatable bonds is 7. The summed E-state index contributed by atoms with van der Waals surface area (Å²) in [6.07, 6.45) is 10.3. The molecule has 3 fully saturated rings. The molecular formula is C38H48N6O3. The van der Waals surface area contributed by atoms with Crippen LogP contribution in [0.15, 0.2) is 60.9 Å². The van der Waals surface area contributed by atoms with Crippen LogP contribution in [0, 0.1) is 17.8 Å². The van der Waals surface area contributed by atoms with Crippen molar-refractivity contribution in [2.75, 3.05) is 51.6 Å². The van der Waals surface area contributed by atoms with Gasteiger partial charge >= 0.3 is 6.03 Å². The molecule has 7 rings (SSSR count). The van der Waals surface area contributed by atoms with Gasteiger partial charge in [0.2, 0.25) is 11.8 Å². The Balaban J connectivity index is 1.01. The van der Waals surface area contributed by atoms with E-state index in [0.29, 0.717) is 32.0 Å². The molecule has 1 N–H and O–H groups in total. The minimum absolute atomic E-state index is 0.0442. The summed E-state index contributed by atoms with van der Waals surface area (Å²) < 4.78 is 0. The lowest BCUT2D eigenvalue weighted by molar-refractivity contribution is -0.143. The van der Waals surface area contributed by atoms with Crippen molar-refractivity contribution >= 4 is 34.3 Å². The van der Waals surface area contributed by atoms with Gasteiger partial charge in [0.15, 0.2) is 0 Å². The fourth-order valence-electron chi connectivity index (χ4n) is 8.51. The Bertz CT molecular complexity index is 1580. The second-order valence-corrected chi connectivity index (χ2v) is 14.2. The fourth-order valence-corrected chi connectivity index (χ4v) is 8.51. The molecule has 4 aliphatic heterocycles. The van der Waals surface area contributed by atoms with Crippen molar-refractivity contribution < 1.29 is 14.4 Å². The van der Waals surface area contributed by atoms with E-state index >= 15 is 0 Å². The highest BCUT2D eigenvalue weighted by atomic mass is 16.2. The van der Waals surface area contributed by atoms with Gasteiger partial charge in [-0.05, 0) is 105 Å². The lowest BCUT2D eigenvalue weighted by Crippen LogP contribution is -2.51. The van der Waals surface area contributed by atoms with Gasteiger partial charge in [-0.2, -0.15) is 0 Å². The first-order valence-corrected chi connectivity index (χ1v) is 17.6. The number of likely N-dealkylation sites (tertiary alicyclic amines) is 3. The van der Waals surface area contributed by atoms with E-state index in [4.69, 9.17) is 0 Å². The number of amides is 4. The number of nitrogens with zero attached hydrogens (tertiary/aromatic N) is 5. The van der Waals surface area contributed by atoms with Gasteiger partial charge in [-0.15, -0.1) is 0 Å². The monoisotopic (exact) mass is 636 g/mol. The van der Waals surface area contributed by atoms with Crippen LogP contribution in [-0.2, 0) is 22.6 Å². The van der Waals surface area contributed by atoms with Gasteiger partial charge < -0.3 is 24.9 Å². The third-order valence-corrected chi connectivity index (χ3v) is 11.4. The maximum atomic E-state index is 14.3. The van der Waals surface area contributed by atoms with Crippen LogP contribution in [0.2, 0.25) is 0 Å². The molecule has 4 aliphatic rings. The number of fused-ring (bicyclic) bond motifs is 2. The van der Waals surface area contributed by atoms with E-state index in [1.165, 1.54) is 25.9 Å². The smallest absolute Gasteiger partial charge is 0.322 e. The highest BCUT2D eigenvalue weighted by Crippen LogP contribution is 2.34. The zero-order valence-corrected chi connectivity index (χ0v) is 27.7. The van der Waals surface area contributed by atoms with Crippen molar-refractivity contribution in [2.45, 2.75) is 64.0 Å². The number of hydrogen-bond donors (Lipinski definition) is 1. The van der Waals surface area contributed by atoms with E-state index in [-0.39, 0.29) is 30.3 Å². The Kier molecular flexibility index (Phi) is 9.43. The highest BCUT2D eigenvalue weighted by Gasteiger charge is 2.36. The molecule has 0 spiro atoms. The van der Waals surface area contributed by atoms with E-state index < -0.39 is 5.92 Å². The molecule has 3 aromatic rings. The van der Waals surface area contributed by atoms with Crippen LogP contribution in [0.4, 0.5) is 10.5 Å². The zero-order valence-electron chi connectivity index (χ0n) is 27.7. The molecule has 0 radical (unpaired) electrons. The van der Waals surface area contributed by atoms with Crippen molar-refractivity contribution in [3.63, 3.8) is 0 Å². The molecular weight excluding hydrogens is 588 g/mol. The molecule has 3 saturated heterocycles. The lowest BCUT2D eigenvalue weighted by atomic mass is 9.78. The molecule has 1 atom stereocenters. The third kappa shape index (κ3) is 7.00. The average molecular weight is 637 g/mol. The first-order chi connectivity index (χ1) is 22.9. The summed E-state index contributed by atoms with van der Waals surface area (Å²) in [6.45, 7) is 5.66. The molecule has 9 nitrogen and oxygen atoms in total. The minimum atomic E-state index is -0.399. The number of carbonyl (C=O) groups excluding carboxylic acids is 3. The molecule has 5 heterocycles. The second-order valence-electron chi connectivity index (χ2n) is 14.2. The van der Waals surface area contributed by atoms with Crippen LogP contribution in [0.25, 0.3) is 10.8 Å². The van der Waals surface area contributed by atoms with E-state index in [9.17, 15) is 14.4 Å². The predicted molar refractivity (Wildman–Crippen MR) is 184 cm³/mol. The van der Waals surface area contributed by atoms with Gasteiger partial charge in [0.25, 0.3) is 0 Å². The Morgan fingerprint density at radius 2 is 1.53 bits per heavy atom. The van der Waals surface area contributed by atoms with Crippen molar-refractivity contribution in [3.05, 3.63) is 72.1 Å². The number of piperidine rings is 3. The van der Waals surface area contributed by atoms with Crippen LogP contribution in [0.3, 0.4) is 0 Å². The number of carbonyl (C=O) groups is 3. The molecule has 2 aromatic carbocycles. The molecule has 248 valence electrons. The summed E-state index contributed by atoms with van der Waals surface area (Å²) in [6, 6.07) is 16.5. The third-order valence-electron chi connectivity index (χ3n) is 11.4. The molecule has 9 heteroatoms. The molecule has 4 amide bonds. The number of benzene rings is 2. The second kappa shape index (κ2) is 14.0. The number of hydrogen-bond acceptors (Lipinski definition) is 5. The first kappa shape index (κ1) is 31.6. The van der Waals surface area contributed by atoms with Gasteiger partial charge in [0, 0.05) is 51.4 Å². The summed E-state index contributed by atoms with van der Waals surface area (Å²) >= 11 is 0. The molecule has 47 heavy (non-hydrogen) atoms. The normalized spacial score (nSPS) is 21.0. The van der Waals surface area contributed by atoms with Gasteiger partial charge in [-0.3, -0.25) is 14.6 Å². The number of urea groups is 1. The Hall–Kier alpha value is -3.98. The minimum Gasteiger partial charge on any atom is -0.343 e. The maximum absolute atomic E-state index is 14.3. The van der Waals surface area contributed by atoms with E-state index in [1.807, 2.05) is 28.0 Å². The van der Waals surface area contributed by atoms with Crippen LogP contribution in [0.1, 0.15) is 56.1 Å². The van der Waals surface area contributed by atoms with Gasteiger partial charge in [0.1, 0.15) is 0 Å². The largest absolute Gasteiger partial charge is 0.343 e. The Morgan fingerprint density at radius 1 is 0.851 bits per heavy atom. The fraction of sp³-hybridized carbons (Fsp3) is 0.526. The van der Waals surface area contributed by atoms with Crippen molar-refractivity contribution in [1.29, 1.82) is 0 Å². The molecule has 0 unspecified atom stereocenters. The van der Waals surface area contributed by atoms with Gasteiger partial charge in [0.05, 0.1) is 17.8 Å². The first-order valence-electron chi connectivity index (χ1n) is 17.6. The summed E-state index contributed by atoms with van der Waals surface area (Å²) in [4.78, 5) is 53.5. The Morgan fingerprint density at radius 3 is 2.30 bits per heavy atom. The predicted octanol–water partition coefficient (Wildman–Crippen LogP) is 5.40. The van der Waals surface area contributed by atoms with Crippen molar-refractivity contribution in [3.8, 4) is 0 Å². The quantitative estimate of drug-likeness (QED) is 0.375. The topological polar surface area (TPSA) is 89.1 Å². The number of aromatic nitrogens is 1. The standard InChI is InChI=1S/C38H48N6O3/c1-41-17-10-27(11-18-41)28-12-19-43(20-13-28)37(46)32(23-30-7-4-6-29-5-2-3-8-34(29)30)24-36(45)42-21-14-33(15-22-42)44-26-31-9-16-39-25-35(31)40-38(44)47/h2-9,16,25,27-28,32-33H,10-15,17-24,26H2,1H3,(H,40,47)/t32-/m1/s1. The molecule has 0 aliphatic carbocycles. The SMILES string of the molecule is CN1CCC(C2CCN(C(=O)[C@@H](CC(=O)N3CCC(N4Cc5ccncc5NC4=O)CC3)Cc3cccc4ccccc34)CC2)CC1. The van der Waals surface area contributed by atoms with Crippen molar-refractivity contribution in [1.82, 2.24) is 24.6 Å². The van der Waals surface area contributed by atoms with Gasteiger partial charge in [-0.25, -0.2) is 4.79 Å². The van der Waals surface area contributed by atoms with Crippen LogP contribution in [0.5, 0.6) is 0 Å². The molecule has 0 bridgehead atoms. The summed E-state index contributed by atoms with van der Waals surface area (Å²) in [5.74, 6) is 1.23. The summed E-state index contributed by atoms with van der Waals surface area (Å²) in [7, 11) is 2.21. The van der Waals surface area contributed by atoms with Crippen LogP contribution < -0.4 is 5.32 Å². The Labute approximate surface area is 278 Å². The number of nitrogens with one attached hydrogen (secondary N) is 1. The van der Waals surface area contributed by atoms with Crippen molar-refractivity contribution in [2.24, 2.45) is 17.8 Å². The summed E-state index contributed by atoms with van der Waals surface area (Å²) in [5, 5.41) is 5.28. The van der Waals surface area contributed by atoms with E-state index in [1.54, 1.807) is 12.4 Å². The number of pyridine rings is 1. The molecule has 1 aromatic heterocycles.